The number of carbonyl (C=O) groups excluding carboxylic acids is 2. The number of carboxylic acids is 1. The van der Waals surface area contributed by atoms with Gasteiger partial charge in [-0.2, -0.15) is 0 Å². The maximum absolute atomic E-state index is 12.9. The third-order valence-electron chi connectivity index (χ3n) is 4.44. The number of hydrogen-bond donors (Lipinski definition) is 2. The smallest absolute Gasteiger partial charge is 0.344 e. The predicted octanol–water partition coefficient (Wildman–Crippen LogP) is 1.32. The molecule has 1 heterocycles. The van der Waals surface area contributed by atoms with Crippen molar-refractivity contribution >= 4 is 17.8 Å². The summed E-state index contributed by atoms with van der Waals surface area (Å²) >= 11 is 0. The summed E-state index contributed by atoms with van der Waals surface area (Å²) in [5, 5.41) is 9.94. The Morgan fingerprint density at radius 2 is 1.89 bits per heavy atom. The Morgan fingerprint density at radius 1 is 1.29 bits per heavy atom. The molecular formula is C20H28N2O6. The van der Waals surface area contributed by atoms with Gasteiger partial charge < -0.3 is 25.2 Å². The fourth-order valence-corrected chi connectivity index (χ4v) is 3.13. The second-order valence-electron chi connectivity index (χ2n) is 8.03. The van der Waals surface area contributed by atoms with Crippen molar-refractivity contribution in [3.63, 3.8) is 0 Å². The highest BCUT2D eigenvalue weighted by molar-refractivity contribution is 6.08. The van der Waals surface area contributed by atoms with Gasteiger partial charge in [-0.15, -0.1) is 0 Å². The Balaban J connectivity index is 2.31. The fourth-order valence-electron chi connectivity index (χ4n) is 3.13. The number of carboxylic acid groups (broad SMARTS) is 1. The Bertz CT molecular complexity index is 728. The minimum atomic E-state index is -2.17. The van der Waals surface area contributed by atoms with Crippen LogP contribution in [0.25, 0.3) is 0 Å². The molecule has 1 saturated heterocycles. The molecule has 0 saturated carbocycles. The van der Waals surface area contributed by atoms with E-state index in [1.807, 2.05) is 30.3 Å². The fraction of sp³-hybridized carbons (Fsp3) is 0.550. The molecule has 0 bridgehead atoms. The van der Waals surface area contributed by atoms with Crippen LogP contribution >= 0.6 is 0 Å². The monoisotopic (exact) mass is 392 g/mol. The number of nitrogens with two attached hydrogens (primary N) is 1. The maximum atomic E-state index is 12.9. The molecule has 1 fully saturated rings. The number of hydrogen-bond acceptors (Lipinski definition) is 6. The molecule has 0 aromatic heterocycles. The third kappa shape index (κ3) is 4.69. The van der Waals surface area contributed by atoms with Gasteiger partial charge in [-0.3, -0.25) is 4.79 Å². The first-order chi connectivity index (χ1) is 13.0. The number of aliphatic carboxylic acids is 1. The molecule has 0 spiro atoms. The van der Waals surface area contributed by atoms with Crippen molar-refractivity contribution in [1.82, 2.24) is 4.90 Å². The highest BCUT2D eigenvalue weighted by Crippen LogP contribution is 2.35. The van der Waals surface area contributed by atoms with Crippen molar-refractivity contribution in [2.75, 3.05) is 6.54 Å². The van der Waals surface area contributed by atoms with E-state index >= 15 is 0 Å². The van der Waals surface area contributed by atoms with Gasteiger partial charge in [0, 0.05) is 13.0 Å². The van der Waals surface area contributed by atoms with Gasteiger partial charge in [0.05, 0.1) is 18.8 Å². The molecule has 1 aromatic rings. The first-order valence-electron chi connectivity index (χ1n) is 9.17. The molecule has 1 aliphatic rings. The molecule has 8 nitrogen and oxygen atoms in total. The van der Waals surface area contributed by atoms with Crippen LogP contribution in [0.1, 0.15) is 39.7 Å². The number of rotatable bonds is 6. The number of ether oxygens (including phenoxy) is 2. The van der Waals surface area contributed by atoms with Crippen LogP contribution < -0.4 is 5.73 Å². The van der Waals surface area contributed by atoms with Crippen LogP contribution in [0.15, 0.2) is 30.3 Å². The van der Waals surface area contributed by atoms with Gasteiger partial charge in [-0.25, -0.2) is 9.59 Å². The van der Waals surface area contributed by atoms with E-state index in [-0.39, 0.29) is 19.6 Å². The van der Waals surface area contributed by atoms with Crippen LogP contribution in [0.5, 0.6) is 0 Å². The Kier molecular flexibility index (Phi) is 6.46. The van der Waals surface area contributed by atoms with E-state index in [0.29, 0.717) is 0 Å². The van der Waals surface area contributed by atoms with Gasteiger partial charge in [0.15, 0.2) is 0 Å². The zero-order valence-corrected chi connectivity index (χ0v) is 16.7. The molecule has 3 N–H and O–H groups in total. The highest BCUT2D eigenvalue weighted by atomic mass is 16.6. The number of amides is 1. The molecule has 28 heavy (non-hydrogen) atoms. The molecule has 1 amide bonds. The number of esters is 1. The normalized spacial score (nSPS) is 23.3. The van der Waals surface area contributed by atoms with Gasteiger partial charge in [0.25, 0.3) is 0 Å². The summed E-state index contributed by atoms with van der Waals surface area (Å²) in [6.07, 6.45) is -0.853. The lowest BCUT2D eigenvalue weighted by Gasteiger charge is -2.35. The Morgan fingerprint density at radius 3 is 2.39 bits per heavy atom. The minimum Gasteiger partial charge on any atom is -0.479 e. The SMILES string of the molecule is C[C@H](N)C(=O)N1CC(OCc2ccccc2)C[C@]1(C(=O)O)C(=O)OC(C)(C)C. The molecule has 8 heteroatoms. The summed E-state index contributed by atoms with van der Waals surface area (Å²) in [5.41, 5.74) is 3.52. The van der Waals surface area contributed by atoms with E-state index in [0.717, 1.165) is 10.5 Å². The average molecular weight is 392 g/mol. The van der Waals surface area contributed by atoms with Crippen LogP contribution in [-0.2, 0) is 30.5 Å². The number of benzene rings is 1. The van der Waals surface area contributed by atoms with Gasteiger partial charge in [0.2, 0.25) is 11.4 Å². The average Bonchev–Trinajstić information content (AvgIpc) is 2.99. The topological polar surface area (TPSA) is 119 Å². The molecule has 1 aromatic carbocycles. The summed E-state index contributed by atoms with van der Waals surface area (Å²) in [5.74, 6) is -3.09. The summed E-state index contributed by atoms with van der Waals surface area (Å²) < 4.78 is 11.2. The zero-order valence-electron chi connectivity index (χ0n) is 16.7. The van der Waals surface area contributed by atoms with Gasteiger partial charge in [-0.05, 0) is 33.3 Å². The number of nitrogens with zero attached hydrogens (tertiary/aromatic N) is 1. The van der Waals surface area contributed by atoms with Crippen molar-refractivity contribution in [2.45, 2.75) is 64.0 Å². The molecule has 2 rings (SSSR count). The lowest BCUT2D eigenvalue weighted by molar-refractivity contribution is -0.180. The third-order valence-corrected chi connectivity index (χ3v) is 4.44. The Labute approximate surface area is 164 Å². The summed E-state index contributed by atoms with van der Waals surface area (Å²) in [6, 6.07) is 8.38. The lowest BCUT2D eigenvalue weighted by atomic mass is 9.94. The van der Waals surface area contributed by atoms with Crippen molar-refractivity contribution < 1.29 is 29.0 Å². The van der Waals surface area contributed by atoms with Crippen molar-refractivity contribution in [3.8, 4) is 0 Å². The van der Waals surface area contributed by atoms with E-state index < -0.39 is 41.1 Å². The van der Waals surface area contributed by atoms with Crippen LogP contribution in [0, 0.1) is 0 Å². The van der Waals surface area contributed by atoms with Gasteiger partial charge in [-0.1, -0.05) is 30.3 Å². The molecule has 1 unspecified atom stereocenters. The molecule has 3 atom stereocenters. The summed E-state index contributed by atoms with van der Waals surface area (Å²) in [4.78, 5) is 38.7. The number of carbonyl (C=O) groups is 3. The zero-order chi connectivity index (χ0) is 21.1. The molecular weight excluding hydrogens is 364 g/mol. The van der Waals surface area contributed by atoms with Crippen molar-refractivity contribution in [3.05, 3.63) is 35.9 Å². The second-order valence-corrected chi connectivity index (χ2v) is 8.03. The van der Waals surface area contributed by atoms with E-state index in [1.165, 1.54) is 6.92 Å². The standard InChI is InChI=1S/C20H28N2O6/c1-13(21)16(23)22-11-15(27-12-14-8-6-5-7-9-14)10-20(22,17(24)25)18(26)28-19(2,3)4/h5-9,13,15H,10-12,21H2,1-4H3,(H,24,25)/t13-,15?,20-/m0/s1. The second kappa shape index (κ2) is 8.28. The summed E-state index contributed by atoms with van der Waals surface area (Å²) in [7, 11) is 0. The minimum absolute atomic E-state index is 0.0568. The van der Waals surface area contributed by atoms with Gasteiger partial charge in [0.1, 0.15) is 5.60 Å². The van der Waals surface area contributed by atoms with E-state index in [4.69, 9.17) is 15.2 Å². The van der Waals surface area contributed by atoms with Crippen LogP contribution in [0.3, 0.4) is 0 Å². The molecule has 1 aliphatic heterocycles. The van der Waals surface area contributed by atoms with Crippen LogP contribution in [-0.4, -0.2) is 57.7 Å². The first-order valence-corrected chi connectivity index (χ1v) is 9.17. The first kappa shape index (κ1) is 21.8. The molecule has 0 radical (unpaired) electrons. The molecule has 0 aliphatic carbocycles. The molecule has 154 valence electrons. The van der Waals surface area contributed by atoms with E-state index in [1.54, 1.807) is 20.8 Å². The summed E-state index contributed by atoms with van der Waals surface area (Å²) in [6.45, 7) is 6.53. The van der Waals surface area contributed by atoms with E-state index in [9.17, 15) is 19.5 Å². The van der Waals surface area contributed by atoms with Crippen LogP contribution in [0.4, 0.5) is 0 Å². The largest absolute Gasteiger partial charge is 0.479 e. The number of likely N-dealkylation sites (tertiary alicyclic amines) is 1. The van der Waals surface area contributed by atoms with Crippen molar-refractivity contribution in [1.29, 1.82) is 0 Å². The quantitative estimate of drug-likeness (QED) is 0.553. The van der Waals surface area contributed by atoms with Crippen LogP contribution in [0.2, 0.25) is 0 Å². The van der Waals surface area contributed by atoms with Crippen molar-refractivity contribution in [2.24, 2.45) is 5.73 Å². The highest BCUT2D eigenvalue weighted by Gasteiger charge is 2.61. The lowest BCUT2D eigenvalue weighted by Crippen LogP contribution is -2.62. The van der Waals surface area contributed by atoms with Gasteiger partial charge >= 0.3 is 11.9 Å². The maximum Gasteiger partial charge on any atom is 0.344 e. The Hall–Kier alpha value is -2.45. The van der Waals surface area contributed by atoms with E-state index in [2.05, 4.69) is 0 Å². The predicted molar refractivity (Wildman–Crippen MR) is 101 cm³/mol.